The highest BCUT2D eigenvalue weighted by atomic mass is 32.2. The predicted octanol–water partition coefficient (Wildman–Crippen LogP) is 4.03. The number of aromatic nitrogens is 2. The number of ketones is 1. The molecule has 0 radical (unpaired) electrons. The summed E-state index contributed by atoms with van der Waals surface area (Å²) in [5, 5.41) is 0.418. The van der Waals surface area contributed by atoms with Gasteiger partial charge in [0.1, 0.15) is 0 Å². The molecule has 1 N–H and O–H groups in total. The van der Waals surface area contributed by atoms with Gasteiger partial charge in [0, 0.05) is 47.6 Å². The number of hydrogen-bond acceptors (Lipinski definition) is 4. The highest BCUT2D eigenvalue weighted by Gasteiger charge is 2.26. The topological polar surface area (TPSA) is 55.0 Å². The van der Waals surface area contributed by atoms with E-state index in [1.807, 2.05) is 0 Å². The van der Waals surface area contributed by atoms with E-state index in [0.29, 0.717) is 22.0 Å². The summed E-state index contributed by atoms with van der Waals surface area (Å²) in [4.78, 5) is 19.7. The number of benzene rings is 1. The Morgan fingerprint density at radius 3 is 2.71 bits per heavy atom. The Morgan fingerprint density at radius 2 is 2.08 bits per heavy atom. The maximum Gasteiger partial charge on any atom is 0.218 e. The van der Waals surface area contributed by atoms with Crippen LogP contribution in [0.25, 0.3) is 22.0 Å². The molecule has 0 amide bonds. The van der Waals surface area contributed by atoms with E-state index in [2.05, 4.69) is 9.97 Å². The van der Waals surface area contributed by atoms with Crippen LogP contribution in [0.4, 0.5) is 8.78 Å². The van der Waals surface area contributed by atoms with E-state index >= 15 is 0 Å². The van der Waals surface area contributed by atoms with Crippen molar-refractivity contribution >= 4 is 28.4 Å². The maximum absolute atomic E-state index is 13.7. The van der Waals surface area contributed by atoms with Crippen LogP contribution in [-0.2, 0) is 4.74 Å². The van der Waals surface area contributed by atoms with Gasteiger partial charge in [0.25, 0.3) is 0 Å². The molecule has 7 heteroatoms. The third-order valence-corrected chi connectivity index (χ3v) is 4.51. The van der Waals surface area contributed by atoms with Crippen LogP contribution in [0, 0.1) is 11.6 Å². The summed E-state index contributed by atoms with van der Waals surface area (Å²) in [6.45, 7) is 0. The Bertz CT molecular complexity index is 892. The molecule has 124 valence electrons. The number of nitrogens with one attached hydrogen (secondary N) is 1. The fraction of sp³-hybridized carbons (Fsp3) is 0.176. The second-order valence-corrected chi connectivity index (χ2v) is 6.00. The average molecular weight is 348 g/mol. The van der Waals surface area contributed by atoms with Gasteiger partial charge in [-0.1, -0.05) is 6.07 Å². The molecule has 3 rings (SSSR count). The summed E-state index contributed by atoms with van der Waals surface area (Å²) in [6.07, 6.45) is 4.92. The number of thioether (sulfide) groups is 1. The molecule has 0 aliphatic rings. The number of aromatic amines is 1. The van der Waals surface area contributed by atoms with Crippen molar-refractivity contribution in [2.24, 2.45) is 0 Å². The van der Waals surface area contributed by atoms with E-state index < -0.39 is 17.1 Å². The molecule has 4 nitrogen and oxygen atoms in total. The van der Waals surface area contributed by atoms with Gasteiger partial charge in [-0.05, 0) is 18.4 Å². The smallest absolute Gasteiger partial charge is 0.218 e. The molecule has 24 heavy (non-hydrogen) atoms. The summed E-state index contributed by atoms with van der Waals surface area (Å²) < 4.78 is 32.5. The third kappa shape index (κ3) is 2.81. The monoisotopic (exact) mass is 348 g/mol. The normalized spacial score (nSPS) is 12.5. The number of pyridine rings is 1. The minimum absolute atomic E-state index is 0.240. The number of ether oxygens (including phenoxy) is 1. The lowest BCUT2D eigenvalue weighted by atomic mass is 10.0. The van der Waals surface area contributed by atoms with E-state index in [0.717, 1.165) is 12.1 Å². The number of carbonyl (C=O) groups excluding carboxylic acids is 1. The largest absolute Gasteiger partial charge is 0.362 e. The SMILES string of the molecule is COC(SC)C(=O)c1[nH]c2cc(F)c(F)cc2c1-c1cccnc1. The van der Waals surface area contributed by atoms with Gasteiger partial charge in [0.2, 0.25) is 5.78 Å². The van der Waals surface area contributed by atoms with Crippen LogP contribution in [0.5, 0.6) is 0 Å². The first-order valence-electron chi connectivity index (χ1n) is 7.07. The van der Waals surface area contributed by atoms with Crippen LogP contribution >= 0.6 is 11.8 Å². The van der Waals surface area contributed by atoms with Crippen molar-refractivity contribution in [2.75, 3.05) is 13.4 Å². The fourth-order valence-corrected chi connectivity index (χ4v) is 3.14. The first-order chi connectivity index (χ1) is 11.6. The number of methoxy groups -OCH3 is 1. The second-order valence-electron chi connectivity index (χ2n) is 5.10. The van der Waals surface area contributed by atoms with Gasteiger partial charge in [-0.3, -0.25) is 9.78 Å². The molecule has 2 aromatic heterocycles. The molecule has 0 aliphatic heterocycles. The van der Waals surface area contributed by atoms with E-state index in [-0.39, 0.29) is 11.5 Å². The van der Waals surface area contributed by atoms with E-state index in [9.17, 15) is 13.6 Å². The lowest BCUT2D eigenvalue weighted by Crippen LogP contribution is -2.20. The van der Waals surface area contributed by atoms with Crippen molar-refractivity contribution < 1.29 is 18.3 Å². The number of nitrogens with zero attached hydrogens (tertiary/aromatic N) is 1. The number of carbonyl (C=O) groups is 1. The van der Waals surface area contributed by atoms with Crippen molar-refractivity contribution in [1.29, 1.82) is 0 Å². The van der Waals surface area contributed by atoms with Gasteiger partial charge in [0.15, 0.2) is 17.1 Å². The van der Waals surface area contributed by atoms with Gasteiger partial charge in [-0.25, -0.2) is 8.78 Å². The average Bonchev–Trinajstić information content (AvgIpc) is 2.95. The molecule has 1 atom stereocenters. The van der Waals surface area contributed by atoms with Crippen molar-refractivity contribution in [3.05, 3.63) is 54.0 Å². The van der Waals surface area contributed by atoms with Gasteiger partial charge >= 0.3 is 0 Å². The highest BCUT2D eigenvalue weighted by Crippen LogP contribution is 2.34. The number of halogens is 2. The van der Waals surface area contributed by atoms with Crippen LogP contribution in [0.1, 0.15) is 10.5 Å². The molecule has 0 aliphatic carbocycles. The fourth-order valence-electron chi connectivity index (χ4n) is 2.61. The lowest BCUT2D eigenvalue weighted by Gasteiger charge is -2.11. The zero-order valence-corrected chi connectivity index (χ0v) is 13.8. The molecular formula is C17H14F2N2O2S. The van der Waals surface area contributed by atoms with Crippen molar-refractivity contribution in [3.8, 4) is 11.1 Å². The molecule has 0 spiro atoms. The molecular weight excluding hydrogens is 334 g/mol. The van der Waals surface area contributed by atoms with E-state index in [1.165, 1.54) is 18.9 Å². The Labute approximate surface area is 141 Å². The van der Waals surface area contributed by atoms with Crippen LogP contribution < -0.4 is 0 Å². The zero-order chi connectivity index (χ0) is 17.3. The zero-order valence-electron chi connectivity index (χ0n) is 13.0. The summed E-state index contributed by atoms with van der Waals surface area (Å²) >= 11 is 1.24. The van der Waals surface area contributed by atoms with Crippen molar-refractivity contribution in [3.63, 3.8) is 0 Å². The minimum atomic E-state index is -0.978. The second kappa shape index (κ2) is 6.70. The lowest BCUT2D eigenvalue weighted by molar-refractivity contribution is 0.0791. The van der Waals surface area contributed by atoms with Crippen LogP contribution in [0.2, 0.25) is 0 Å². The van der Waals surface area contributed by atoms with E-state index in [1.54, 1.807) is 30.8 Å². The van der Waals surface area contributed by atoms with Gasteiger partial charge in [0.05, 0.1) is 5.69 Å². The highest BCUT2D eigenvalue weighted by molar-refractivity contribution is 7.99. The summed E-state index contributed by atoms with van der Waals surface area (Å²) in [7, 11) is 1.44. The Morgan fingerprint density at radius 1 is 1.33 bits per heavy atom. The van der Waals surface area contributed by atoms with Crippen molar-refractivity contribution in [1.82, 2.24) is 9.97 Å². The predicted molar refractivity (Wildman–Crippen MR) is 90.1 cm³/mol. The maximum atomic E-state index is 13.7. The number of H-pyrrole nitrogens is 1. The molecule has 1 unspecified atom stereocenters. The first kappa shape index (κ1) is 16.6. The number of hydrogen-bond donors (Lipinski definition) is 1. The van der Waals surface area contributed by atoms with Gasteiger partial charge < -0.3 is 9.72 Å². The summed E-state index contributed by atoms with van der Waals surface area (Å²) in [5.74, 6) is -2.26. The molecule has 0 fully saturated rings. The molecule has 0 bridgehead atoms. The standard InChI is InChI=1S/C17H14F2N2O2S/c1-23-17(24-2)16(22)15-14(9-4-3-5-20-8-9)10-6-11(18)12(19)7-13(10)21-15/h3-8,17,21H,1-2H3. The van der Waals surface area contributed by atoms with Crippen LogP contribution in [0.3, 0.4) is 0 Å². The van der Waals surface area contributed by atoms with Gasteiger partial charge in [-0.2, -0.15) is 0 Å². The minimum Gasteiger partial charge on any atom is -0.362 e. The Balaban J connectivity index is 2.30. The number of rotatable bonds is 5. The number of Topliss-reactive ketones (excluding diaryl/α,β-unsaturated/α-hetero) is 1. The molecule has 3 aromatic rings. The first-order valence-corrected chi connectivity index (χ1v) is 8.36. The van der Waals surface area contributed by atoms with Crippen molar-refractivity contribution in [2.45, 2.75) is 5.44 Å². The summed E-state index contributed by atoms with van der Waals surface area (Å²) in [6, 6.07) is 5.60. The molecule has 2 heterocycles. The van der Waals surface area contributed by atoms with Crippen LogP contribution in [-0.4, -0.2) is 34.6 Å². The van der Waals surface area contributed by atoms with Crippen LogP contribution in [0.15, 0.2) is 36.7 Å². The quantitative estimate of drug-likeness (QED) is 0.559. The summed E-state index contributed by atoms with van der Waals surface area (Å²) in [5.41, 5.74) is 0.978. The molecule has 1 aromatic carbocycles. The third-order valence-electron chi connectivity index (χ3n) is 3.68. The Hall–Kier alpha value is -2.25. The van der Waals surface area contributed by atoms with Gasteiger partial charge in [-0.15, -0.1) is 11.8 Å². The molecule has 0 saturated heterocycles. The Kier molecular flexibility index (Phi) is 4.64. The van der Waals surface area contributed by atoms with E-state index in [4.69, 9.17) is 4.74 Å². The molecule has 0 saturated carbocycles. The number of fused-ring (bicyclic) bond motifs is 1.